The van der Waals surface area contributed by atoms with E-state index in [1.807, 2.05) is 0 Å². The van der Waals surface area contributed by atoms with Crippen molar-refractivity contribution in [2.24, 2.45) is 0 Å². The summed E-state index contributed by atoms with van der Waals surface area (Å²) in [5, 5.41) is 3.02. The molecule has 0 spiro atoms. The highest BCUT2D eigenvalue weighted by molar-refractivity contribution is 7.92. The number of sulfonamides is 1. The Kier molecular flexibility index (Phi) is 10.0. The minimum absolute atomic E-state index is 0.0539. The molecule has 37 heavy (non-hydrogen) atoms. The number of hydrogen-bond donors (Lipinski definition) is 1. The number of amides is 2. The van der Waals surface area contributed by atoms with Gasteiger partial charge in [-0.15, -0.1) is 0 Å². The third kappa shape index (κ3) is 7.99. The fourth-order valence-corrected chi connectivity index (χ4v) is 5.56. The fraction of sp³-hybridized carbons (Fsp3) is 0.481. The Morgan fingerprint density at radius 3 is 2.24 bits per heavy atom. The SMILES string of the molecule is CC(C(=O)NC1CCCCC1)N(Cc1ccccc1F)C(=O)CCCN(c1ccccc1F)S(C)(=O)=O. The zero-order chi connectivity index (χ0) is 27.0. The van der Waals surface area contributed by atoms with Gasteiger partial charge in [0.05, 0.1) is 11.9 Å². The van der Waals surface area contributed by atoms with Gasteiger partial charge in [-0.25, -0.2) is 17.2 Å². The maximum atomic E-state index is 14.4. The number of hydrogen-bond acceptors (Lipinski definition) is 4. The molecule has 3 rings (SSSR count). The molecule has 1 atom stereocenters. The van der Waals surface area contributed by atoms with E-state index in [2.05, 4.69) is 5.32 Å². The van der Waals surface area contributed by atoms with Crippen molar-refractivity contribution in [3.05, 3.63) is 65.7 Å². The molecule has 10 heteroatoms. The monoisotopic (exact) mass is 535 g/mol. The van der Waals surface area contributed by atoms with E-state index in [0.29, 0.717) is 0 Å². The summed E-state index contributed by atoms with van der Waals surface area (Å²) in [5.74, 6) is -1.89. The van der Waals surface area contributed by atoms with Crippen LogP contribution in [-0.2, 0) is 26.2 Å². The minimum Gasteiger partial charge on any atom is -0.352 e. The van der Waals surface area contributed by atoms with Crippen LogP contribution in [0.15, 0.2) is 48.5 Å². The molecule has 0 saturated heterocycles. The van der Waals surface area contributed by atoms with Crippen molar-refractivity contribution in [3.8, 4) is 0 Å². The number of nitrogens with one attached hydrogen (secondary N) is 1. The van der Waals surface area contributed by atoms with Crippen molar-refractivity contribution in [1.82, 2.24) is 10.2 Å². The summed E-state index contributed by atoms with van der Waals surface area (Å²) in [6.45, 7) is 1.38. The Bertz CT molecular complexity index is 1190. The second-order valence-corrected chi connectivity index (χ2v) is 11.4. The molecule has 0 aromatic heterocycles. The van der Waals surface area contributed by atoms with Crippen LogP contribution in [0.4, 0.5) is 14.5 Å². The summed E-state index contributed by atoms with van der Waals surface area (Å²) in [5.41, 5.74) is 0.179. The van der Waals surface area contributed by atoms with Gasteiger partial charge in [0, 0.05) is 31.1 Å². The van der Waals surface area contributed by atoms with Gasteiger partial charge in [0.25, 0.3) is 0 Å². The lowest BCUT2D eigenvalue weighted by molar-refractivity contribution is -0.141. The largest absolute Gasteiger partial charge is 0.352 e. The van der Waals surface area contributed by atoms with Crippen LogP contribution in [-0.4, -0.2) is 50.0 Å². The lowest BCUT2D eigenvalue weighted by atomic mass is 9.95. The average molecular weight is 536 g/mol. The molecule has 1 fully saturated rings. The predicted molar refractivity (Wildman–Crippen MR) is 139 cm³/mol. The van der Waals surface area contributed by atoms with Gasteiger partial charge in [-0.1, -0.05) is 49.6 Å². The third-order valence-electron chi connectivity index (χ3n) is 6.69. The predicted octanol–water partition coefficient (Wildman–Crippen LogP) is 4.38. The highest BCUT2D eigenvalue weighted by atomic mass is 32.2. The second kappa shape index (κ2) is 13.0. The standard InChI is InChI=1S/C27H35F2N3O4S/c1-20(27(34)30-22-12-4-3-5-13-22)31(19-21-11-6-7-14-23(21)28)26(33)17-10-18-32(37(2,35)36)25-16-9-8-15-24(25)29/h6-9,11,14-16,20,22H,3-5,10,12-13,17-19H2,1-2H3,(H,30,34). The first-order valence-corrected chi connectivity index (χ1v) is 14.5. The van der Waals surface area contributed by atoms with E-state index in [-0.39, 0.29) is 49.1 Å². The van der Waals surface area contributed by atoms with E-state index >= 15 is 0 Å². The van der Waals surface area contributed by atoms with Gasteiger partial charge in [-0.05, 0) is 44.4 Å². The van der Waals surface area contributed by atoms with Crippen LogP contribution in [0.3, 0.4) is 0 Å². The molecule has 2 amide bonds. The van der Waals surface area contributed by atoms with Crippen LogP contribution in [0.25, 0.3) is 0 Å². The first-order valence-electron chi connectivity index (χ1n) is 12.6. The molecule has 0 aliphatic heterocycles. The summed E-state index contributed by atoms with van der Waals surface area (Å²) in [6, 6.07) is 10.8. The van der Waals surface area contributed by atoms with E-state index < -0.39 is 33.6 Å². The Morgan fingerprint density at radius 2 is 1.62 bits per heavy atom. The normalized spacial score (nSPS) is 15.1. The third-order valence-corrected chi connectivity index (χ3v) is 7.87. The molecule has 2 aromatic rings. The van der Waals surface area contributed by atoms with Crippen molar-refractivity contribution in [3.63, 3.8) is 0 Å². The average Bonchev–Trinajstić information content (AvgIpc) is 2.86. The molecule has 0 heterocycles. The molecule has 1 unspecified atom stereocenters. The van der Waals surface area contributed by atoms with Crippen molar-refractivity contribution in [2.75, 3.05) is 17.1 Å². The Balaban J connectivity index is 1.73. The summed E-state index contributed by atoms with van der Waals surface area (Å²) in [7, 11) is -3.80. The molecule has 1 aliphatic carbocycles. The van der Waals surface area contributed by atoms with E-state index in [4.69, 9.17) is 0 Å². The van der Waals surface area contributed by atoms with Crippen LogP contribution < -0.4 is 9.62 Å². The smallest absolute Gasteiger partial charge is 0.242 e. The first-order chi connectivity index (χ1) is 17.6. The lowest BCUT2D eigenvalue weighted by Crippen LogP contribution is -2.50. The van der Waals surface area contributed by atoms with Gasteiger partial charge in [0.1, 0.15) is 17.7 Å². The van der Waals surface area contributed by atoms with Gasteiger partial charge in [0.2, 0.25) is 21.8 Å². The van der Waals surface area contributed by atoms with Crippen LogP contribution in [0.1, 0.15) is 57.4 Å². The number of carbonyl (C=O) groups is 2. The lowest BCUT2D eigenvalue weighted by Gasteiger charge is -2.31. The molecule has 1 N–H and O–H groups in total. The summed E-state index contributed by atoms with van der Waals surface area (Å²) >= 11 is 0. The molecule has 1 saturated carbocycles. The summed E-state index contributed by atoms with van der Waals surface area (Å²) in [4.78, 5) is 27.7. The van der Waals surface area contributed by atoms with Gasteiger partial charge in [-0.3, -0.25) is 13.9 Å². The number of anilines is 1. The molecule has 2 aromatic carbocycles. The van der Waals surface area contributed by atoms with Crippen molar-refractivity contribution >= 4 is 27.5 Å². The number of nitrogens with zero attached hydrogens (tertiary/aromatic N) is 2. The van der Waals surface area contributed by atoms with E-state index in [9.17, 15) is 26.8 Å². The van der Waals surface area contributed by atoms with E-state index in [0.717, 1.165) is 42.7 Å². The topological polar surface area (TPSA) is 86.8 Å². The first kappa shape index (κ1) is 28.6. The Morgan fingerprint density at radius 1 is 1.00 bits per heavy atom. The number of benzene rings is 2. The highest BCUT2D eigenvalue weighted by Gasteiger charge is 2.29. The molecule has 202 valence electrons. The van der Waals surface area contributed by atoms with Gasteiger partial charge < -0.3 is 10.2 Å². The second-order valence-electron chi connectivity index (χ2n) is 9.52. The fourth-order valence-electron chi connectivity index (χ4n) is 4.60. The van der Waals surface area contributed by atoms with Gasteiger partial charge >= 0.3 is 0 Å². The van der Waals surface area contributed by atoms with Crippen LogP contribution in [0, 0.1) is 11.6 Å². The number of rotatable bonds is 11. The summed E-state index contributed by atoms with van der Waals surface area (Å²) < 4.78 is 54.3. The van der Waals surface area contributed by atoms with Crippen LogP contribution in [0.2, 0.25) is 0 Å². The number of para-hydroxylation sites is 1. The Labute approximate surface area is 217 Å². The number of halogens is 2. The molecule has 0 radical (unpaired) electrons. The van der Waals surface area contributed by atoms with E-state index in [1.165, 1.54) is 35.2 Å². The molecular formula is C27H35F2N3O4S. The van der Waals surface area contributed by atoms with Crippen molar-refractivity contribution in [2.45, 2.75) is 70.5 Å². The zero-order valence-electron chi connectivity index (χ0n) is 21.3. The summed E-state index contributed by atoms with van der Waals surface area (Å²) in [6.07, 6.45) is 5.95. The maximum Gasteiger partial charge on any atom is 0.242 e. The van der Waals surface area contributed by atoms with Crippen molar-refractivity contribution in [1.29, 1.82) is 0 Å². The highest BCUT2D eigenvalue weighted by Crippen LogP contribution is 2.23. The quantitative estimate of drug-likeness (QED) is 0.463. The molecule has 7 nitrogen and oxygen atoms in total. The van der Waals surface area contributed by atoms with E-state index in [1.54, 1.807) is 25.1 Å². The van der Waals surface area contributed by atoms with Crippen LogP contribution >= 0.6 is 0 Å². The Hall–Kier alpha value is -3.01. The maximum absolute atomic E-state index is 14.4. The molecule has 0 bridgehead atoms. The van der Waals surface area contributed by atoms with Gasteiger partial charge in [0.15, 0.2) is 0 Å². The molecule has 1 aliphatic rings. The molecular weight excluding hydrogens is 500 g/mol. The van der Waals surface area contributed by atoms with Crippen molar-refractivity contribution < 1.29 is 26.8 Å². The minimum atomic E-state index is -3.80. The van der Waals surface area contributed by atoms with Gasteiger partial charge in [-0.2, -0.15) is 0 Å². The van der Waals surface area contributed by atoms with Crippen LogP contribution in [0.5, 0.6) is 0 Å². The number of carbonyl (C=O) groups excluding carboxylic acids is 2. The zero-order valence-corrected chi connectivity index (χ0v) is 22.1.